The van der Waals surface area contributed by atoms with Gasteiger partial charge in [0.1, 0.15) is 12.4 Å². The summed E-state index contributed by atoms with van der Waals surface area (Å²) in [6.45, 7) is 2.95. The van der Waals surface area contributed by atoms with Crippen molar-refractivity contribution in [2.45, 2.75) is 19.9 Å². The first-order valence-corrected chi connectivity index (χ1v) is 9.23. The predicted octanol–water partition coefficient (Wildman–Crippen LogP) is 2.28. The Morgan fingerprint density at radius 3 is 2.59 bits per heavy atom. The Labute approximate surface area is 167 Å². The number of fused-ring (bicyclic) bond motifs is 1. The van der Waals surface area contributed by atoms with Gasteiger partial charge in [-0.3, -0.25) is 0 Å². The van der Waals surface area contributed by atoms with Gasteiger partial charge in [-0.05, 0) is 36.8 Å². The Kier molecular flexibility index (Phi) is 6.33. The van der Waals surface area contributed by atoms with E-state index in [1.54, 1.807) is 19.9 Å². The summed E-state index contributed by atoms with van der Waals surface area (Å²) >= 11 is 0. The van der Waals surface area contributed by atoms with Gasteiger partial charge in [0.15, 0.2) is 6.61 Å². The first-order valence-electron chi connectivity index (χ1n) is 9.23. The molecule has 8 nitrogen and oxygen atoms in total. The Bertz CT molecular complexity index is 969. The Hall–Kier alpha value is -3.55. The van der Waals surface area contributed by atoms with Crippen molar-refractivity contribution in [2.24, 2.45) is 0 Å². The van der Waals surface area contributed by atoms with Crippen molar-refractivity contribution in [2.75, 3.05) is 19.8 Å². The molecule has 2 aromatic carbocycles. The first-order chi connectivity index (χ1) is 14.0. The maximum absolute atomic E-state index is 12.2. The van der Waals surface area contributed by atoms with Crippen LogP contribution >= 0.6 is 0 Å². The van der Waals surface area contributed by atoms with E-state index in [0.717, 1.165) is 10.8 Å². The van der Waals surface area contributed by atoms with Gasteiger partial charge in [0.05, 0.1) is 23.9 Å². The smallest absolute Gasteiger partial charge is 0.344 e. The van der Waals surface area contributed by atoms with Crippen LogP contribution in [0.4, 0.5) is 4.79 Å². The lowest BCUT2D eigenvalue weighted by Crippen LogP contribution is -2.50. The highest BCUT2D eigenvalue weighted by Gasteiger charge is 2.30. The molecular formula is C21H22N2O6. The van der Waals surface area contributed by atoms with Gasteiger partial charge < -0.3 is 24.8 Å². The van der Waals surface area contributed by atoms with E-state index in [4.69, 9.17) is 14.2 Å². The summed E-state index contributed by atoms with van der Waals surface area (Å²) in [4.78, 5) is 35.9. The van der Waals surface area contributed by atoms with Crippen molar-refractivity contribution in [1.82, 2.24) is 10.6 Å². The number of esters is 2. The molecule has 0 fully saturated rings. The van der Waals surface area contributed by atoms with Gasteiger partial charge >= 0.3 is 18.0 Å². The van der Waals surface area contributed by atoms with Crippen LogP contribution in [0.5, 0.6) is 5.75 Å². The largest absolute Gasteiger partial charge is 0.482 e. The van der Waals surface area contributed by atoms with Crippen LogP contribution in [0.25, 0.3) is 10.8 Å². The summed E-state index contributed by atoms with van der Waals surface area (Å²) in [6.07, 6.45) is 0. The standard InChI is InChI=1S/C21H22N2O6/c1-3-27-20(25)19-13(2)22-21(26)23-17(19)11-29-18(24)12-28-16-9-8-14-6-4-5-7-15(14)10-16/h4-10,13H,3,11-12H2,1-2H3,(H2,22,23,26)/t13-/m0/s1. The number of hydrogen-bond donors (Lipinski definition) is 2. The molecule has 2 N–H and O–H groups in total. The van der Waals surface area contributed by atoms with Crippen LogP contribution in [0.1, 0.15) is 13.8 Å². The fraction of sp³-hybridized carbons (Fsp3) is 0.286. The molecule has 0 unspecified atom stereocenters. The van der Waals surface area contributed by atoms with Gasteiger partial charge in [-0.1, -0.05) is 30.3 Å². The lowest BCUT2D eigenvalue weighted by molar-refractivity contribution is -0.145. The molecule has 1 aliphatic heterocycles. The molecule has 0 aromatic heterocycles. The molecule has 29 heavy (non-hydrogen) atoms. The van der Waals surface area contributed by atoms with Crippen LogP contribution in [-0.4, -0.2) is 43.8 Å². The molecule has 152 valence electrons. The maximum atomic E-state index is 12.2. The predicted molar refractivity (Wildman–Crippen MR) is 105 cm³/mol. The number of hydrogen-bond acceptors (Lipinski definition) is 6. The summed E-state index contributed by atoms with van der Waals surface area (Å²) in [5, 5.41) is 7.13. The van der Waals surface area contributed by atoms with Gasteiger partial charge in [-0.15, -0.1) is 0 Å². The summed E-state index contributed by atoms with van der Waals surface area (Å²) in [7, 11) is 0. The molecule has 2 aromatic rings. The van der Waals surface area contributed by atoms with Crippen molar-refractivity contribution in [1.29, 1.82) is 0 Å². The second-order valence-corrected chi connectivity index (χ2v) is 6.39. The normalized spacial score (nSPS) is 16.1. The molecule has 1 heterocycles. The fourth-order valence-electron chi connectivity index (χ4n) is 2.99. The van der Waals surface area contributed by atoms with E-state index in [2.05, 4.69) is 10.6 Å². The van der Waals surface area contributed by atoms with E-state index >= 15 is 0 Å². The molecule has 3 rings (SSSR count). The van der Waals surface area contributed by atoms with Gasteiger partial charge in [-0.25, -0.2) is 14.4 Å². The Morgan fingerprint density at radius 2 is 1.83 bits per heavy atom. The van der Waals surface area contributed by atoms with E-state index in [1.807, 2.05) is 36.4 Å². The zero-order chi connectivity index (χ0) is 20.8. The number of carbonyl (C=O) groups excluding carboxylic acids is 3. The first kappa shape index (κ1) is 20.2. The molecule has 0 bridgehead atoms. The SMILES string of the molecule is CCOC(=O)C1=C(COC(=O)COc2ccc3ccccc3c2)NC(=O)N[C@H]1C. The molecule has 0 saturated heterocycles. The van der Waals surface area contributed by atoms with Gasteiger partial charge in [-0.2, -0.15) is 0 Å². The average Bonchev–Trinajstić information content (AvgIpc) is 2.70. The summed E-state index contributed by atoms with van der Waals surface area (Å²) in [6, 6.07) is 12.3. The van der Waals surface area contributed by atoms with Gasteiger partial charge in [0.25, 0.3) is 0 Å². The molecule has 0 radical (unpaired) electrons. The van der Waals surface area contributed by atoms with Crippen molar-refractivity contribution >= 4 is 28.7 Å². The topological polar surface area (TPSA) is 103 Å². The van der Waals surface area contributed by atoms with Crippen LogP contribution in [0.2, 0.25) is 0 Å². The molecule has 1 aliphatic rings. The zero-order valence-electron chi connectivity index (χ0n) is 16.2. The Morgan fingerprint density at radius 1 is 1.07 bits per heavy atom. The van der Waals surface area contributed by atoms with Crippen molar-refractivity contribution in [3.05, 3.63) is 53.7 Å². The number of urea groups is 1. The summed E-state index contributed by atoms with van der Waals surface area (Å²) < 4.78 is 15.7. The molecule has 0 saturated carbocycles. The lowest BCUT2D eigenvalue weighted by Gasteiger charge is -2.26. The zero-order valence-corrected chi connectivity index (χ0v) is 16.2. The van der Waals surface area contributed by atoms with E-state index in [1.165, 1.54) is 0 Å². The number of benzene rings is 2. The molecule has 0 aliphatic carbocycles. The average molecular weight is 398 g/mol. The van der Waals surface area contributed by atoms with Crippen LogP contribution < -0.4 is 15.4 Å². The number of ether oxygens (including phenoxy) is 3. The van der Waals surface area contributed by atoms with Crippen molar-refractivity contribution < 1.29 is 28.6 Å². The van der Waals surface area contributed by atoms with Crippen molar-refractivity contribution in [3.8, 4) is 5.75 Å². The highest BCUT2D eigenvalue weighted by Crippen LogP contribution is 2.20. The van der Waals surface area contributed by atoms with Crippen LogP contribution in [0, 0.1) is 0 Å². The minimum absolute atomic E-state index is 0.190. The third kappa shape index (κ3) is 5.04. The minimum Gasteiger partial charge on any atom is -0.482 e. The second kappa shape index (κ2) is 9.09. The number of nitrogens with one attached hydrogen (secondary N) is 2. The quantitative estimate of drug-likeness (QED) is 0.694. The lowest BCUT2D eigenvalue weighted by atomic mass is 10.0. The summed E-state index contributed by atoms with van der Waals surface area (Å²) in [5.41, 5.74) is 0.411. The van der Waals surface area contributed by atoms with E-state index in [9.17, 15) is 14.4 Å². The molecular weight excluding hydrogens is 376 g/mol. The van der Waals surface area contributed by atoms with E-state index in [-0.39, 0.29) is 31.1 Å². The highest BCUT2D eigenvalue weighted by atomic mass is 16.6. The Balaban J connectivity index is 1.61. The molecule has 8 heteroatoms. The van der Waals surface area contributed by atoms with Gasteiger partial charge in [0, 0.05) is 0 Å². The monoisotopic (exact) mass is 398 g/mol. The molecule has 2 amide bonds. The van der Waals surface area contributed by atoms with Crippen molar-refractivity contribution in [3.63, 3.8) is 0 Å². The number of rotatable bonds is 7. The maximum Gasteiger partial charge on any atom is 0.344 e. The van der Waals surface area contributed by atoms with Crippen LogP contribution in [0.15, 0.2) is 53.7 Å². The fourth-order valence-corrected chi connectivity index (χ4v) is 2.99. The number of carbonyl (C=O) groups is 3. The van der Waals surface area contributed by atoms with Gasteiger partial charge in [0.2, 0.25) is 0 Å². The third-order valence-electron chi connectivity index (χ3n) is 4.32. The summed E-state index contributed by atoms with van der Waals surface area (Å²) in [5.74, 6) is -0.670. The molecule has 1 atom stereocenters. The van der Waals surface area contributed by atoms with Crippen LogP contribution in [-0.2, 0) is 19.1 Å². The van der Waals surface area contributed by atoms with E-state index < -0.39 is 24.0 Å². The highest BCUT2D eigenvalue weighted by molar-refractivity contribution is 5.94. The second-order valence-electron chi connectivity index (χ2n) is 6.39. The molecule has 0 spiro atoms. The third-order valence-corrected chi connectivity index (χ3v) is 4.32. The van der Waals surface area contributed by atoms with E-state index in [0.29, 0.717) is 5.75 Å². The minimum atomic E-state index is -0.630. The van der Waals surface area contributed by atoms with Crippen LogP contribution in [0.3, 0.4) is 0 Å². The number of amides is 2.